The zero-order valence-electron chi connectivity index (χ0n) is 11.6. The monoisotopic (exact) mass is 274 g/mol. The predicted molar refractivity (Wildman–Crippen MR) is 76.7 cm³/mol. The molecule has 2 rings (SSSR count). The molecule has 0 unspecified atom stereocenters. The largest absolute Gasteiger partial charge is 0.464 e. The normalized spacial score (nSPS) is 10.1. The molecule has 0 aromatic carbocycles. The molecule has 20 heavy (non-hydrogen) atoms. The zero-order chi connectivity index (χ0) is 14.2. The summed E-state index contributed by atoms with van der Waals surface area (Å²) >= 11 is 0. The van der Waals surface area contributed by atoms with Crippen LogP contribution in [0.3, 0.4) is 0 Å². The van der Waals surface area contributed by atoms with Gasteiger partial charge in [-0.05, 0) is 25.5 Å². The number of pyridine rings is 1. The number of hydrogen-bond donors (Lipinski definition) is 2. The van der Waals surface area contributed by atoms with E-state index in [0.29, 0.717) is 31.1 Å². The molecule has 0 aliphatic rings. The average Bonchev–Trinajstić information content (AvgIpc) is 2.47. The fraction of sp³-hybridized carbons (Fsp3) is 0.385. The Morgan fingerprint density at radius 1 is 1.10 bits per heavy atom. The van der Waals surface area contributed by atoms with Crippen LogP contribution in [0.1, 0.15) is 19.4 Å². The van der Waals surface area contributed by atoms with Crippen molar-refractivity contribution in [2.45, 2.75) is 20.4 Å². The second-order valence-electron chi connectivity index (χ2n) is 3.94. The average molecular weight is 274 g/mol. The molecule has 2 aromatic rings. The van der Waals surface area contributed by atoms with Crippen molar-refractivity contribution in [1.82, 2.24) is 19.9 Å². The van der Waals surface area contributed by atoms with Crippen LogP contribution in [0.4, 0.5) is 11.9 Å². The van der Waals surface area contributed by atoms with E-state index in [-0.39, 0.29) is 0 Å². The maximum atomic E-state index is 5.33. The first-order chi connectivity index (χ1) is 9.81. The molecular formula is C13H18N6O. The first kappa shape index (κ1) is 14.0. The highest BCUT2D eigenvalue weighted by molar-refractivity contribution is 5.36. The molecule has 7 nitrogen and oxygen atoms in total. The van der Waals surface area contributed by atoms with Crippen LogP contribution < -0.4 is 15.4 Å². The molecule has 0 saturated carbocycles. The van der Waals surface area contributed by atoms with Crippen LogP contribution in [-0.4, -0.2) is 33.1 Å². The molecule has 7 heteroatoms. The molecule has 0 amide bonds. The van der Waals surface area contributed by atoms with Crippen molar-refractivity contribution < 1.29 is 4.74 Å². The van der Waals surface area contributed by atoms with Gasteiger partial charge in [-0.3, -0.25) is 4.98 Å². The predicted octanol–water partition coefficient (Wildman–Crippen LogP) is 1.71. The lowest BCUT2D eigenvalue weighted by atomic mass is 10.3. The molecule has 0 spiro atoms. The minimum atomic E-state index is 0.312. The Morgan fingerprint density at radius 3 is 2.55 bits per heavy atom. The highest BCUT2D eigenvalue weighted by atomic mass is 16.5. The van der Waals surface area contributed by atoms with Gasteiger partial charge in [0.25, 0.3) is 0 Å². The van der Waals surface area contributed by atoms with Gasteiger partial charge in [0.05, 0.1) is 6.61 Å². The molecule has 0 bridgehead atoms. The van der Waals surface area contributed by atoms with Gasteiger partial charge in [-0.1, -0.05) is 6.07 Å². The number of ether oxygens (including phenoxy) is 1. The Balaban J connectivity index is 2.09. The quantitative estimate of drug-likeness (QED) is 0.795. The molecule has 0 saturated heterocycles. The highest BCUT2D eigenvalue weighted by Gasteiger charge is 2.06. The third-order valence-electron chi connectivity index (χ3n) is 2.40. The third kappa shape index (κ3) is 4.04. The van der Waals surface area contributed by atoms with E-state index in [1.165, 1.54) is 0 Å². The van der Waals surface area contributed by atoms with Crippen molar-refractivity contribution in [3.8, 4) is 6.01 Å². The van der Waals surface area contributed by atoms with Crippen molar-refractivity contribution >= 4 is 11.9 Å². The Hall–Kier alpha value is -2.44. The number of nitrogens with one attached hydrogen (secondary N) is 2. The summed E-state index contributed by atoms with van der Waals surface area (Å²) in [4.78, 5) is 16.7. The molecule has 0 aliphatic heterocycles. The molecule has 0 aliphatic carbocycles. The van der Waals surface area contributed by atoms with Gasteiger partial charge in [0.15, 0.2) is 0 Å². The number of rotatable bonds is 7. The van der Waals surface area contributed by atoms with Gasteiger partial charge < -0.3 is 15.4 Å². The van der Waals surface area contributed by atoms with Gasteiger partial charge in [0.1, 0.15) is 0 Å². The summed E-state index contributed by atoms with van der Waals surface area (Å²) in [5.74, 6) is 0.975. The van der Waals surface area contributed by atoms with E-state index in [1.807, 2.05) is 26.0 Å². The SMILES string of the molecule is CCNc1nc(NCc2cccnc2)nc(OCC)n1. The lowest BCUT2D eigenvalue weighted by Gasteiger charge is -2.09. The minimum absolute atomic E-state index is 0.312. The van der Waals surface area contributed by atoms with Gasteiger partial charge in [-0.2, -0.15) is 15.0 Å². The van der Waals surface area contributed by atoms with Gasteiger partial charge >= 0.3 is 6.01 Å². The van der Waals surface area contributed by atoms with Crippen LogP contribution in [-0.2, 0) is 6.54 Å². The topological polar surface area (TPSA) is 84.9 Å². The molecular weight excluding hydrogens is 256 g/mol. The van der Waals surface area contributed by atoms with Crippen LogP contribution >= 0.6 is 0 Å². The number of hydrogen-bond acceptors (Lipinski definition) is 7. The fourth-order valence-corrected chi connectivity index (χ4v) is 1.55. The number of aromatic nitrogens is 4. The maximum absolute atomic E-state index is 5.33. The van der Waals surface area contributed by atoms with Crippen molar-refractivity contribution in [2.24, 2.45) is 0 Å². The van der Waals surface area contributed by atoms with E-state index in [9.17, 15) is 0 Å². The van der Waals surface area contributed by atoms with Gasteiger partial charge in [0.2, 0.25) is 11.9 Å². The van der Waals surface area contributed by atoms with Crippen LogP contribution in [0, 0.1) is 0 Å². The van der Waals surface area contributed by atoms with Crippen molar-refractivity contribution in [3.63, 3.8) is 0 Å². The molecule has 0 atom stereocenters. The van der Waals surface area contributed by atoms with E-state index < -0.39 is 0 Å². The Kier molecular flexibility index (Phi) is 5.05. The Morgan fingerprint density at radius 2 is 1.90 bits per heavy atom. The number of nitrogens with zero attached hydrogens (tertiary/aromatic N) is 4. The standard InChI is InChI=1S/C13H18N6O/c1-3-15-11-17-12(19-13(18-11)20-4-2)16-9-10-6-5-7-14-8-10/h5-8H,3-4,9H2,1-2H3,(H2,15,16,17,18,19). The zero-order valence-corrected chi connectivity index (χ0v) is 11.6. The highest BCUT2D eigenvalue weighted by Crippen LogP contribution is 2.12. The Bertz CT molecular complexity index is 509. The summed E-state index contributed by atoms with van der Waals surface area (Å²) in [7, 11) is 0. The Labute approximate surface area is 117 Å². The maximum Gasteiger partial charge on any atom is 0.323 e. The second kappa shape index (κ2) is 7.22. The summed E-state index contributed by atoms with van der Waals surface area (Å²) in [6.07, 6.45) is 3.53. The third-order valence-corrected chi connectivity index (χ3v) is 2.40. The minimum Gasteiger partial charge on any atom is -0.464 e. The van der Waals surface area contributed by atoms with E-state index in [0.717, 1.165) is 12.1 Å². The lowest BCUT2D eigenvalue weighted by Crippen LogP contribution is -2.10. The van der Waals surface area contributed by atoms with E-state index in [2.05, 4.69) is 30.6 Å². The first-order valence-electron chi connectivity index (χ1n) is 6.57. The smallest absolute Gasteiger partial charge is 0.323 e. The van der Waals surface area contributed by atoms with Crippen molar-refractivity contribution in [2.75, 3.05) is 23.8 Å². The second-order valence-corrected chi connectivity index (χ2v) is 3.94. The van der Waals surface area contributed by atoms with Crippen LogP contribution in [0.15, 0.2) is 24.5 Å². The molecule has 2 aromatic heterocycles. The van der Waals surface area contributed by atoms with Gasteiger partial charge in [-0.15, -0.1) is 0 Å². The number of anilines is 2. The molecule has 2 heterocycles. The molecule has 0 fully saturated rings. The summed E-state index contributed by atoms with van der Waals surface area (Å²) < 4.78 is 5.33. The molecule has 0 radical (unpaired) electrons. The summed E-state index contributed by atoms with van der Waals surface area (Å²) in [6, 6.07) is 4.18. The fourth-order valence-electron chi connectivity index (χ4n) is 1.55. The van der Waals surface area contributed by atoms with Crippen molar-refractivity contribution in [1.29, 1.82) is 0 Å². The molecule has 106 valence electrons. The van der Waals surface area contributed by atoms with Crippen LogP contribution in [0.5, 0.6) is 6.01 Å². The van der Waals surface area contributed by atoms with E-state index >= 15 is 0 Å². The summed E-state index contributed by atoms with van der Waals surface area (Å²) in [6.45, 7) is 5.70. The van der Waals surface area contributed by atoms with Crippen molar-refractivity contribution in [3.05, 3.63) is 30.1 Å². The summed E-state index contributed by atoms with van der Waals surface area (Å²) in [5.41, 5.74) is 1.05. The first-order valence-corrected chi connectivity index (χ1v) is 6.57. The van der Waals surface area contributed by atoms with Gasteiger partial charge in [-0.25, -0.2) is 0 Å². The van der Waals surface area contributed by atoms with E-state index in [4.69, 9.17) is 4.74 Å². The lowest BCUT2D eigenvalue weighted by molar-refractivity contribution is 0.312. The van der Waals surface area contributed by atoms with Crippen LogP contribution in [0.2, 0.25) is 0 Å². The van der Waals surface area contributed by atoms with E-state index in [1.54, 1.807) is 12.4 Å². The molecule has 2 N–H and O–H groups in total. The van der Waals surface area contributed by atoms with Crippen LogP contribution in [0.25, 0.3) is 0 Å². The van der Waals surface area contributed by atoms with Gasteiger partial charge in [0, 0.05) is 25.5 Å². The summed E-state index contributed by atoms with van der Waals surface area (Å²) in [5, 5.41) is 6.19.